The summed E-state index contributed by atoms with van der Waals surface area (Å²) in [4.78, 5) is 0.266. The minimum Gasteiger partial charge on any atom is -0.380 e. The van der Waals surface area contributed by atoms with E-state index in [1.165, 1.54) is 18.4 Å². The van der Waals surface area contributed by atoms with Gasteiger partial charge in [0.2, 0.25) is 10.0 Å². The van der Waals surface area contributed by atoms with Gasteiger partial charge in [-0.2, -0.15) is 0 Å². The van der Waals surface area contributed by atoms with Gasteiger partial charge >= 0.3 is 0 Å². The Morgan fingerprint density at radius 3 is 2.47 bits per heavy atom. The van der Waals surface area contributed by atoms with E-state index >= 15 is 0 Å². The summed E-state index contributed by atoms with van der Waals surface area (Å²) >= 11 is 5.71. The number of benzene rings is 1. The van der Waals surface area contributed by atoms with E-state index in [0.717, 1.165) is 0 Å². The Balaban J connectivity index is 3.17. The largest absolute Gasteiger partial charge is 0.380 e. The molecule has 1 aromatic rings. The number of nitrogens with zero attached hydrogens (tertiary/aromatic N) is 1. The fraction of sp³-hybridized carbons (Fsp3) is 0.455. The van der Waals surface area contributed by atoms with Crippen LogP contribution in [-0.2, 0) is 10.0 Å². The first-order valence-electron chi connectivity index (χ1n) is 5.23. The Hall–Kier alpha value is -0.780. The van der Waals surface area contributed by atoms with E-state index in [1.807, 2.05) is 6.92 Å². The van der Waals surface area contributed by atoms with Gasteiger partial charge in [0.1, 0.15) is 4.90 Å². The molecular weight excluding hydrogens is 260 g/mol. The number of alkyl halides is 1. The van der Waals surface area contributed by atoms with Crippen LogP contribution in [0.4, 0.5) is 5.69 Å². The average molecular weight is 277 g/mol. The smallest absolute Gasteiger partial charge is 0.244 e. The Kier molecular flexibility index (Phi) is 4.80. The van der Waals surface area contributed by atoms with E-state index in [-0.39, 0.29) is 10.9 Å². The third kappa shape index (κ3) is 3.34. The second-order valence-electron chi connectivity index (χ2n) is 3.98. The van der Waals surface area contributed by atoms with Gasteiger partial charge in [0.15, 0.2) is 0 Å². The van der Waals surface area contributed by atoms with E-state index in [9.17, 15) is 8.42 Å². The number of sulfonamides is 1. The molecule has 1 unspecified atom stereocenters. The quantitative estimate of drug-likeness (QED) is 0.837. The molecule has 6 heteroatoms. The zero-order valence-electron chi connectivity index (χ0n) is 10.1. The van der Waals surface area contributed by atoms with Gasteiger partial charge in [0.25, 0.3) is 0 Å². The molecule has 0 aliphatic carbocycles. The van der Waals surface area contributed by atoms with Crippen LogP contribution >= 0.6 is 11.6 Å². The molecule has 0 aromatic heterocycles. The summed E-state index contributed by atoms with van der Waals surface area (Å²) in [5, 5.41) is 3.08. The zero-order valence-corrected chi connectivity index (χ0v) is 11.7. The van der Waals surface area contributed by atoms with Crippen LogP contribution in [-0.4, -0.2) is 38.7 Å². The topological polar surface area (TPSA) is 49.4 Å². The van der Waals surface area contributed by atoms with Crippen molar-refractivity contribution in [1.82, 2.24) is 4.31 Å². The number of para-hydroxylation sites is 1. The first kappa shape index (κ1) is 14.3. The molecule has 1 rings (SSSR count). The van der Waals surface area contributed by atoms with E-state index in [2.05, 4.69) is 5.32 Å². The lowest BCUT2D eigenvalue weighted by Crippen LogP contribution is -2.25. The monoisotopic (exact) mass is 276 g/mol. The van der Waals surface area contributed by atoms with Gasteiger partial charge in [0.05, 0.1) is 5.69 Å². The highest BCUT2D eigenvalue weighted by atomic mass is 35.5. The highest BCUT2D eigenvalue weighted by Crippen LogP contribution is 2.23. The number of rotatable bonds is 5. The van der Waals surface area contributed by atoms with E-state index in [0.29, 0.717) is 11.6 Å². The second-order valence-corrected chi connectivity index (χ2v) is 6.41. The highest BCUT2D eigenvalue weighted by Gasteiger charge is 2.21. The van der Waals surface area contributed by atoms with Crippen LogP contribution in [0, 0.1) is 0 Å². The molecule has 0 heterocycles. The van der Waals surface area contributed by atoms with Crippen LogP contribution in [0.5, 0.6) is 0 Å². The van der Waals surface area contributed by atoms with E-state index in [4.69, 9.17) is 11.6 Å². The Labute approximate surface area is 108 Å². The first-order valence-corrected chi connectivity index (χ1v) is 7.21. The van der Waals surface area contributed by atoms with Crippen molar-refractivity contribution in [2.75, 3.05) is 25.3 Å². The number of anilines is 1. The molecule has 0 radical (unpaired) electrons. The molecular formula is C11H17ClN2O2S. The molecule has 96 valence electrons. The van der Waals surface area contributed by atoms with Gasteiger partial charge in [-0.05, 0) is 19.1 Å². The lowest BCUT2D eigenvalue weighted by molar-refractivity contribution is 0.521. The van der Waals surface area contributed by atoms with Crippen LogP contribution < -0.4 is 5.32 Å². The SMILES string of the molecule is CC(CCl)Nc1ccccc1S(=O)(=O)N(C)C. The number of nitrogens with one attached hydrogen (secondary N) is 1. The maximum Gasteiger partial charge on any atom is 0.244 e. The maximum atomic E-state index is 12.1. The fourth-order valence-electron chi connectivity index (χ4n) is 1.31. The van der Waals surface area contributed by atoms with Gasteiger partial charge in [-0.15, -0.1) is 11.6 Å². The van der Waals surface area contributed by atoms with Crippen molar-refractivity contribution in [3.8, 4) is 0 Å². The van der Waals surface area contributed by atoms with Gasteiger partial charge < -0.3 is 5.32 Å². The molecule has 1 atom stereocenters. The fourth-order valence-corrected chi connectivity index (χ4v) is 2.44. The van der Waals surface area contributed by atoms with Crippen LogP contribution in [0.3, 0.4) is 0 Å². The second kappa shape index (κ2) is 5.71. The average Bonchev–Trinajstić information content (AvgIpc) is 2.29. The zero-order chi connectivity index (χ0) is 13.1. The molecule has 0 amide bonds. The van der Waals surface area contributed by atoms with Crippen molar-refractivity contribution in [3.05, 3.63) is 24.3 Å². The summed E-state index contributed by atoms with van der Waals surface area (Å²) in [6.45, 7) is 1.89. The van der Waals surface area contributed by atoms with Gasteiger partial charge in [-0.1, -0.05) is 12.1 Å². The van der Waals surface area contributed by atoms with Crippen molar-refractivity contribution in [2.24, 2.45) is 0 Å². The third-order valence-electron chi connectivity index (χ3n) is 2.28. The summed E-state index contributed by atoms with van der Waals surface area (Å²) in [6.07, 6.45) is 0. The van der Waals surface area contributed by atoms with Crippen molar-refractivity contribution < 1.29 is 8.42 Å². The van der Waals surface area contributed by atoms with E-state index in [1.54, 1.807) is 24.3 Å². The van der Waals surface area contributed by atoms with Crippen molar-refractivity contribution in [2.45, 2.75) is 17.9 Å². The molecule has 4 nitrogen and oxygen atoms in total. The molecule has 0 fully saturated rings. The summed E-state index contributed by atoms with van der Waals surface area (Å²) < 4.78 is 25.3. The molecule has 0 saturated carbocycles. The Morgan fingerprint density at radius 1 is 1.35 bits per heavy atom. The predicted molar refractivity (Wildman–Crippen MR) is 71.1 cm³/mol. The summed E-state index contributed by atoms with van der Waals surface area (Å²) in [5.41, 5.74) is 0.578. The van der Waals surface area contributed by atoms with Crippen molar-refractivity contribution in [3.63, 3.8) is 0 Å². The number of hydrogen-bond acceptors (Lipinski definition) is 3. The van der Waals surface area contributed by atoms with Gasteiger partial charge in [-0.25, -0.2) is 12.7 Å². The Morgan fingerprint density at radius 2 is 1.94 bits per heavy atom. The number of halogens is 1. The minimum atomic E-state index is -3.43. The Bertz CT molecular complexity index is 474. The first-order chi connectivity index (χ1) is 7.89. The number of hydrogen-bond donors (Lipinski definition) is 1. The normalized spacial score (nSPS) is 13.7. The van der Waals surface area contributed by atoms with Crippen molar-refractivity contribution >= 4 is 27.3 Å². The maximum absolute atomic E-state index is 12.1. The highest BCUT2D eigenvalue weighted by molar-refractivity contribution is 7.89. The summed E-state index contributed by atoms with van der Waals surface area (Å²) in [6, 6.07) is 6.82. The minimum absolute atomic E-state index is 0.00942. The van der Waals surface area contributed by atoms with Crippen LogP contribution in [0.2, 0.25) is 0 Å². The molecule has 0 saturated heterocycles. The van der Waals surface area contributed by atoms with Crippen LogP contribution in [0.15, 0.2) is 29.2 Å². The lowest BCUT2D eigenvalue weighted by Gasteiger charge is -2.18. The van der Waals surface area contributed by atoms with Crippen molar-refractivity contribution in [1.29, 1.82) is 0 Å². The molecule has 1 aromatic carbocycles. The molecule has 0 spiro atoms. The molecule has 0 bridgehead atoms. The standard InChI is InChI=1S/C11H17ClN2O2S/c1-9(8-12)13-10-6-4-5-7-11(10)17(15,16)14(2)3/h4-7,9,13H,8H2,1-3H3. The van der Waals surface area contributed by atoms with Crippen LogP contribution in [0.1, 0.15) is 6.92 Å². The molecule has 17 heavy (non-hydrogen) atoms. The van der Waals surface area contributed by atoms with Gasteiger partial charge in [0, 0.05) is 26.0 Å². The molecule has 0 aliphatic rings. The summed E-state index contributed by atoms with van der Waals surface area (Å²) in [7, 11) is -0.412. The van der Waals surface area contributed by atoms with Crippen LogP contribution in [0.25, 0.3) is 0 Å². The predicted octanol–water partition coefficient (Wildman–Crippen LogP) is 1.98. The lowest BCUT2D eigenvalue weighted by atomic mass is 10.3. The van der Waals surface area contributed by atoms with Gasteiger partial charge in [-0.3, -0.25) is 0 Å². The van der Waals surface area contributed by atoms with E-state index < -0.39 is 10.0 Å². The summed E-state index contributed by atoms with van der Waals surface area (Å²) in [5.74, 6) is 0.413. The third-order valence-corrected chi connectivity index (χ3v) is 4.62. The molecule has 0 aliphatic heterocycles. The molecule has 1 N–H and O–H groups in total.